The van der Waals surface area contributed by atoms with E-state index >= 15 is 0 Å². The molecule has 3 heterocycles. The van der Waals surface area contributed by atoms with Crippen molar-refractivity contribution in [3.8, 4) is 0 Å². The zero-order valence-electron chi connectivity index (χ0n) is 17.1. The number of aliphatic hydroxyl groups is 2. The van der Waals surface area contributed by atoms with Crippen LogP contribution in [-0.2, 0) is 17.6 Å². The Hall–Kier alpha value is -3.38. The van der Waals surface area contributed by atoms with Gasteiger partial charge in [0.25, 0.3) is 5.91 Å². The van der Waals surface area contributed by atoms with Gasteiger partial charge in [0.1, 0.15) is 12.1 Å². The summed E-state index contributed by atoms with van der Waals surface area (Å²) in [5.74, 6) is -5.13. The Morgan fingerprint density at radius 1 is 1.16 bits per heavy atom. The highest BCUT2D eigenvalue weighted by atomic mass is 16.5. The second kappa shape index (κ2) is 6.81. The minimum atomic E-state index is -2.69. The monoisotopic (exact) mass is 443 g/mol. The van der Waals surface area contributed by atoms with E-state index in [9.17, 15) is 24.9 Å². The molecule has 12 heteroatoms. The number of nitrogens with one attached hydrogen (secondary N) is 6. The highest BCUT2D eigenvalue weighted by molar-refractivity contribution is 5.97. The van der Waals surface area contributed by atoms with Crippen LogP contribution in [-0.4, -0.2) is 80.1 Å². The van der Waals surface area contributed by atoms with Crippen molar-refractivity contribution in [2.75, 3.05) is 6.54 Å². The van der Waals surface area contributed by atoms with E-state index in [1.54, 1.807) is 12.1 Å². The minimum Gasteiger partial charge on any atom is -0.480 e. The predicted octanol–water partition coefficient (Wildman–Crippen LogP) is -2.16. The molecule has 1 aromatic carbocycles. The van der Waals surface area contributed by atoms with Crippen LogP contribution in [0.25, 0.3) is 0 Å². The van der Waals surface area contributed by atoms with Crippen molar-refractivity contribution >= 4 is 23.8 Å². The summed E-state index contributed by atoms with van der Waals surface area (Å²) in [7, 11) is 0. The molecule has 4 atom stereocenters. The van der Waals surface area contributed by atoms with E-state index in [1.165, 1.54) is 4.90 Å². The number of aryl methyl sites for hydroxylation is 1. The molecular formula is C20H25N7O5. The van der Waals surface area contributed by atoms with Crippen molar-refractivity contribution in [2.45, 2.75) is 55.3 Å². The van der Waals surface area contributed by atoms with E-state index in [1.807, 2.05) is 6.07 Å². The third kappa shape index (κ3) is 2.62. The van der Waals surface area contributed by atoms with Gasteiger partial charge in [0.2, 0.25) is 5.79 Å². The van der Waals surface area contributed by atoms with E-state index in [2.05, 4.69) is 21.3 Å². The maximum Gasteiger partial charge on any atom is 0.328 e. The molecule has 1 aliphatic carbocycles. The molecule has 12 nitrogen and oxygen atoms in total. The van der Waals surface area contributed by atoms with Crippen LogP contribution in [0.5, 0.6) is 0 Å². The van der Waals surface area contributed by atoms with E-state index in [0.29, 0.717) is 5.56 Å². The van der Waals surface area contributed by atoms with Crippen molar-refractivity contribution in [2.24, 2.45) is 0 Å². The first-order chi connectivity index (χ1) is 15.2. The van der Waals surface area contributed by atoms with Crippen LogP contribution in [0.2, 0.25) is 0 Å². The summed E-state index contributed by atoms with van der Waals surface area (Å²) in [6.45, 7) is -0.176. The molecule has 1 amide bonds. The summed E-state index contributed by atoms with van der Waals surface area (Å²) in [6.07, 6.45) is 3.68. The minimum absolute atomic E-state index is 0.176. The van der Waals surface area contributed by atoms with E-state index in [-0.39, 0.29) is 18.5 Å². The van der Waals surface area contributed by atoms with E-state index < -0.39 is 41.5 Å². The molecule has 1 spiro atoms. The van der Waals surface area contributed by atoms with Gasteiger partial charge in [-0.15, -0.1) is 0 Å². The van der Waals surface area contributed by atoms with Crippen molar-refractivity contribution < 1.29 is 24.9 Å². The number of carboxylic acid groups (broad SMARTS) is 1. The number of carbonyl (C=O) groups excluding carboxylic acids is 1. The molecule has 0 aromatic heterocycles. The van der Waals surface area contributed by atoms with Gasteiger partial charge in [-0.1, -0.05) is 12.1 Å². The van der Waals surface area contributed by atoms with Crippen LogP contribution < -0.4 is 21.3 Å². The standard InChI is InChI=1S/C20H25N7O5/c21-17-25-14-13(16(29)30)24-18(22)27-8-12(20(31,32)19(14,27)26-17)23-15(28)11-7-3-5-9-4-1-2-6-10(9)11/h3,5,7,12-14,31-32H,1-2,4,6,8H2,(H2,22,24)(H,23,28)(H,29,30)(H3,21,25,26). The number of guanidine groups is 2. The molecule has 1 aromatic rings. The second-order valence-electron chi connectivity index (χ2n) is 8.71. The Balaban J connectivity index is 1.49. The van der Waals surface area contributed by atoms with Gasteiger partial charge in [0.05, 0.1) is 0 Å². The molecule has 0 radical (unpaired) electrons. The quantitative estimate of drug-likeness (QED) is 0.234. The van der Waals surface area contributed by atoms with Gasteiger partial charge < -0.3 is 41.5 Å². The number of fused-ring (bicyclic) bond motifs is 1. The van der Waals surface area contributed by atoms with Crippen molar-refractivity contribution in [3.63, 3.8) is 0 Å². The summed E-state index contributed by atoms with van der Waals surface area (Å²) in [5.41, 5.74) is 0.603. The molecule has 0 bridgehead atoms. The SMILES string of the molecule is N=C1NC2C(C(=O)O)NC(=N)N3CC(NC(=O)c4cccc5c4CCCC5)C(O)(O)C23N1. The lowest BCUT2D eigenvalue weighted by molar-refractivity contribution is -0.232. The number of hydrogen-bond donors (Lipinski definition) is 9. The van der Waals surface area contributed by atoms with Gasteiger partial charge in [-0.05, 0) is 42.9 Å². The van der Waals surface area contributed by atoms with Crippen LogP contribution in [0.1, 0.15) is 34.3 Å². The van der Waals surface area contributed by atoms with E-state index in [0.717, 1.165) is 36.8 Å². The maximum absolute atomic E-state index is 13.2. The Labute approximate surface area is 183 Å². The number of carbonyl (C=O) groups is 2. The molecule has 32 heavy (non-hydrogen) atoms. The second-order valence-corrected chi connectivity index (χ2v) is 8.71. The molecule has 5 rings (SSSR count). The average Bonchev–Trinajstić information content (AvgIpc) is 3.22. The lowest BCUT2D eigenvalue weighted by Crippen LogP contribution is -2.81. The Morgan fingerprint density at radius 2 is 1.91 bits per heavy atom. The van der Waals surface area contributed by atoms with Gasteiger partial charge in [0.15, 0.2) is 23.6 Å². The zero-order valence-corrected chi connectivity index (χ0v) is 17.1. The van der Waals surface area contributed by atoms with Crippen LogP contribution in [0.3, 0.4) is 0 Å². The largest absolute Gasteiger partial charge is 0.480 e. The molecular weight excluding hydrogens is 418 g/mol. The lowest BCUT2D eigenvalue weighted by Gasteiger charge is -2.50. The fraction of sp³-hybridized carbons (Fsp3) is 0.500. The highest BCUT2D eigenvalue weighted by Gasteiger charge is 2.75. The number of amides is 1. The van der Waals surface area contributed by atoms with Crippen LogP contribution >= 0.6 is 0 Å². The summed E-state index contributed by atoms with van der Waals surface area (Å²) in [6, 6.07) is 1.65. The van der Waals surface area contributed by atoms with Crippen LogP contribution in [0.15, 0.2) is 18.2 Å². The fourth-order valence-electron chi connectivity index (χ4n) is 5.52. The van der Waals surface area contributed by atoms with Crippen molar-refractivity contribution in [1.29, 1.82) is 10.8 Å². The Kier molecular flexibility index (Phi) is 4.37. The molecule has 0 saturated carbocycles. The first-order valence-electron chi connectivity index (χ1n) is 10.5. The number of nitrogens with zero attached hydrogens (tertiary/aromatic N) is 1. The zero-order chi connectivity index (χ0) is 22.8. The van der Waals surface area contributed by atoms with Gasteiger partial charge in [0, 0.05) is 12.1 Å². The Morgan fingerprint density at radius 3 is 2.66 bits per heavy atom. The fourth-order valence-corrected chi connectivity index (χ4v) is 5.52. The van der Waals surface area contributed by atoms with Crippen molar-refractivity contribution in [1.82, 2.24) is 26.2 Å². The summed E-state index contributed by atoms with van der Waals surface area (Å²) < 4.78 is 0. The topological polar surface area (TPSA) is 194 Å². The third-order valence-corrected chi connectivity index (χ3v) is 7.01. The normalized spacial score (nSPS) is 32.1. The molecule has 3 fully saturated rings. The average molecular weight is 443 g/mol. The van der Waals surface area contributed by atoms with Crippen LogP contribution in [0.4, 0.5) is 0 Å². The summed E-state index contributed by atoms with van der Waals surface area (Å²) in [4.78, 5) is 26.2. The van der Waals surface area contributed by atoms with Gasteiger partial charge in [-0.3, -0.25) is 15.6 Å². The number of aliphatic carboxylic acids is 1. The van der Waals surface area contributed by atoms with Crippen LogP contribution in [0, 0.1) is 10.8 Å². The lowest BCUT2D eigenvalue weighted by atomic mass is 9.84. The molecule has 4 aliphatic rings. The number of hydrogen-bond acceptors (Lipinski definition) is 6. The first kappa shape index (κ1) is 20.5. The Bertz CT molecular complexity index is 1040. The number of benzene rings is 1. The smallest absolute Gasteiger partial charge is 0.328 e. The van der Waals surface area contributed by atoms with Gasteiger partial charge >= 0.3 is 5.97 Å². The van der Waals surface area contributed by atoms with Gasteiger partial charge in [-0.25, -0.2) is 4.79 Å². The molecule has 9 N–H and O–H groups in total. The molecule has 4 unspecified atom stereocenters. The van der Waals surface area contributed by atoms with Crippen molar-refractivity contribution in [3.05, 3.63) is 34.9 Å². The third-order valence-electron chi connectivity index (χ3n) is 7.01. The highest BCUT2D eigenvalue weighted by Crippen LogP contribution is 2.43. The molecule has 170 valence electrons. The number of rotatable bonds is 3. The number of carboxylic acids is 1. The maximum atomic E-state index is 13.2. The summed E-state index contributed by atoms with van der Waals surface area (Å²) >= 11 is 0. The summed E-state index contributed by atoms with van der Waals surface area (Å²) in [5, 5.41) is 58.8. The first-order valence-corrected chi connectivity index (χ1v) is 10.5. The molecule has 3 aliphatic heterocycles. The molecule has 3 saturated heterocycles. The predicted molar refractivity (Wildman–Crippen MR) is 111 cm³/mol. The van der Waals surface area contributed by atoms with E-state index in [4.69, 9.17) is 10.8 Å². The van der Waals surface area contributed by atoms with Gasteiger partial charge in [-0.2, -0.15) is 0 Å².